The summed E-state index contributed by atoms with van der Waals surface area (Å²) in [5.74, 6) is -1.85. The fourth-order valence-corrected chi connectivity index (χ4v) is 5.87. The molecule has 196 valence electrons. The van der Waals surface area contributed by atoms with Crippen LogP contribution in [0.5, 0.6) is 11.5 Å². The predicted molar refractivity (Wildman–Crippen MR) is 138 cm³/mol. The van der Waals surface area contributed by atoms with Gasteiger partial charge in [0.25, 0.3) is 0 Å². The summed E-state index contributed by atoms with van der Waals surface area (Å²) in [6.45, 7) is 4.71. The minimum atomic E-state index is -1.31. The van der Waals surface area contributed by atoms with Crippen molar-refractivity contribution in [3.8, 4) is 11.5 Å². The van der Waals surface area contributed by atoms with Gasteiger partial charge in [0, 0.05) is 31.9 Å². The fourth-order valence-electron chi connectivity index (χ4n) is 5.87. The Balaban J connectivity index is 1.60. The van der Waals surface area contributed by atoms with Crippen molar-refractivity contribution >= 4 is 29.2 Å². The molecule has 2 aromatic rings. The van der Waals surface area contributed by atoms with E-state index in [2.05, 4.69) is 5.32 Å². The number of hydrogen-bond donors (Lipinski definition) is 1. The molecule has 2 amide bonds. The Kier molecular flexibility index (Phi) is 6.58. The highest BCUT2D eigenvalue weighted by Crippen LogP contribution is 2.52. The normalized spacial score (nSPS) is 26.3. The van der Waals surface area contributed by atoms with Gasteiger partial charge >= 0.3 is 5.97 Å². The van der Waals surface area contributed by atoms with Gasteiger partial charge in [-0.3, -0.25) is 19.7 Å². The number of hydrogen-bond acceptors (Lipinski definition) is 8. The molecular weight excluding hydrogens is 474 g/mol. The van der Waals surface area contributed by atoms with E-state index in [9.17, 15) is 14.4 Å². The van der Waals surface area contributed by atoms with Gasteiger partial charge in [-0.15, -0.1) is 0 Å². The van der Waals surface area contributed by atoms with Crippen LogP contribution < -0.4 is 24.6 Å². The second kappa shape index (κ2) is 9.70. The first-order valence-corrected chi connectivity index (χ1v) is 12.8. The lowest BCUT2D eigenvalue weighted by molar-refractivity contribution is -0.155. The van der Waals surface area contributed by atoms with E-state index in [-0.39, 0.29) is 12.5 Å². The van der Waals surface area contributed by atoms with Crippen molar-refractivity contribution in [3.63, 3.8) is 0 Å². The summed E-state index contributed by atoms with van der Waals surface area (Å²) < 4.78 is 16.8. The van der Waals surface area contributed by atoms with Crippen molar-refractivity contribution in [2.45, 2.75) is 38.3 Å². The number of anilines is 2. The third kappa shape index (κ3) is 4.01. The van der Waals surface area contributed by atoms with Crippen LogP contribution in [0.15, 0.2) is 42.5 Å². The topological polar surface area (TPSA) is 97.4 Å². The molecular formula is C28H33N3O6. The van der Waals surface area contributed by atoms with Crippen molar-refractivity contribution < 1.29 is 28.6 Å². The molecule has 3 aliphatic heterocycles. The van der Waals surface area contributed by atoms with Crippen LogP contribution in [0.1, 0.15) is 38.3 Å². The molecule has 4 atom stereocenters. The lowest BCUT2D eigenvalue weighted by atomic mass is 9.77. The van der Waals surface area contributed by atoms with Crippen molar-refractivity contribution in [2.75, 3.05) is 43.7 Å². The van der Waals surface area contributed by atoms with Gasteiger partial charge in [-0.05, 0) is 43.2 Å². The van der Waals surface area contributed by atoms with Gasteiger partial charge in [0.15, 0.2) is 11.5 Å². The first-order chi connectivity index (χ1) is 17.8. The zero-order valence-electron chi connectivity index (χ0n) is 21.7. The molecule has 0 radical (unpaired) electrons. The van der Waals surface area contributed by atoms with E-state index in [4.69, 9.17) is 14.2 Å². The van der Waals surface area contributed by atoms with Crippen molar-refractivity contribution in [2.24, 2.45) is 11.8 Å². The van der Waals surface area contributed by atoms with Gasteiger partial charge < -0.3 is 19.1 Å². The summed E-state index contributed by atoms with van der Waals surface area (Å²) in [5.41, 5.74) is 0.947. The number of fused-ring (bicyclic) bond motifs is 2. The van der Waals surface area contributed by atoms with Crippen LogP contribution in [0.2, 0.25) is 0 Å². The molecule has 0 saturated carbocycles. The molecule has 0 unspecified atom stereocenters. The molecule has 37 heavy (non-hydrogen) atoms. The summed E-state index contributed by atoms with van der Waals surface area (Å²) >= 11 is 0. The average Bonchev–Trinajstić information content (AvgIpc) is 3.38. The van der Waals surface area contributed by atoms with Gasteiger partial charge in [0.1, 0.15) is 18.8 Å². The maximum atomic E-state index is 14.1. The van der Waals surface area contributed by atoms with Gasteiger partial charge in [-0.1, -0.05) is 25.5 Å². The van der Waals surface area contributed by atoms with E-state index in [1.807, 2.05) is 50.2 Å². The lowest BCUT2D eigenvalue weighted by Crippen LogP contribution is -2.56. The number of ether oxygens (including phenoxy) is 3. The Morgan fingerprint density at radius 3 is 2.41 bits per heavy atom. The maximum Gasteiger partial charge on any atom is 0.327 e. The van der Waals surface area contributed by atoms with Gasteiger partial charge in [-0.25, -0.2) is 4.90 Å². The van der Waals surface area contributed by atoms with Crippen LogP contribution in [-0.2, 0) is 19.1 Å². The quantitative estimate of drug-likeness (QED) is 0.451. The molecule has 9 heteroatoms. The number of rotatable bonds is 7. The van der Waals surface area contributed by atoms with E-state index in [0.717, 1.165) is 11.3 Å². The Morgan fingerprint density at radius 1 is 1.05 bits per heavy atom. The number of amides is 2. The molecule has 2 fully saturated rings. The monoisotopic (exact) mass is 507 g/mol. The number of esters is 1. The van der Waals surface area contributed by atoms with E-state index in [1.54, 1.807) is 25.1 Å². The Hall–Kier alpha value is -3.59. The van der Waals surface area contributed by atoms with Crippen molar-refractivity contribution in [1.29, 1.82) is 0 Å². The van der Waals surface area contributed by atoms with E-state index >= 15 is 0 Å². The number of benzene rings is 2. The number of carbonyl (C=O) groups excluding carboxylic acids is 3. The van der Waals surface area contributed by atoms with E-state index < -0.39 is 35.3 Å². The molecule has 9 nitrogen and oxygen atoms in total. The Bertz CT molecular complexity index is 1210. The smallest absolute Gasteiger partial charge is 0.327 e. The zero-order valence-corrected chi connectivity index (χ0v) is 21.7. The first kappa shape index (κ1) is 25.1. The molecule has 3 heterocycles. The Labute approximate surface area is 216 Å². The first-order valence-electron chi connectivity index (χ1n) is 12.8. The molecule has 3 aliphatic rings. The minimum absolute atomic E-state index is 0.180. The largest absolute Gasteiger partial charge is 0.486 e. The van der Waals surface area contributed by atoms with Gasteiger partial charge in [-0.2, -0.15) is 0 Å². The zero-order chi connectivity index (χ0) is 26.3. The van der Waals surface area contributed by atoms with E-state index in [1.165, 1.54) is 4.90 Å². The molecule has 5 rings (SSSR count). The van der Waals surface area contributed by atoms with E-state index in [0.29, 0.717) is 43.2 Å². The second-order valence-electron chi connectivity index (χ2n) is 9.89. The summed E-state index contributed by atoms with van der Waals surface area (Å²) in [5, 5.41) is 3.44. The maximum absolute atomic E-state index is 14.1. The number of nitrogens with zero attached hydrogens (tertiary/aromatic N) is 2. The van der Waals surface area contributed by atoms with Crippen LogP contribution in [0.25, 0.3) is 0 Å². The van der Waals surface area contributed by atoms with Crippen LogP contribution in [0.4, 0.5) is 11.4 Å². The van der Waals surface area contributed by atoms with Crippen LogP contribution in [-0.4, -0.2) is 57.2 Å². The van der Waals surface area contributed by atoms with Gasteiger partial charge in [0.05, 0.1) is 24.1 Å². The molecule has 0 bridgehead atoms. The SMILES string of the molecule is CCC[C@@]1(C(=O)OCC)N[C@@H](c2ccc(N(C)C)cc2)[C@H]2C(=O)N(c3ccc4c(c3)OCCO4)C(=O)[C@@H]21. The molecule has 2 aromatic carbocycles. The third-order valence-electron chi connectivity index (χ3n) is 7.49. The van der Waals surface area contributed by atoms with Crippen molar-refractivity contribution in [3.05, 3.63) is 48.0 Å². The highest BCUT2D eigenvalue weighted by Gasteiger charge is 2.68. The predicted octanol–water partition coefficient (Wildman–Crippen LogP) is 3.08. The average molecular weight is 508 g/mol. The highest BCUT2D eigenvalue weighted by molar-refractivity contribution is 6.24. The second-order valence-corrected chi connectivity index (χ2v) is 9.89. The lowest BCUT2D eigenvalue weighted by Gasteiger charge is -2.32. The number of nitrogens with one attached hydrogen (secondary N) is 1. The Morgan fingerprint density at radius 2 is 1.76 bits per heavy atom. The summed E-state index contributed by atoms with van der Waals surface area (Å²) in [6, 6.07) is 12.3. The van der Waals surface area contributed by atoms with Gasteiger partial charge in [0.2, 0.25) is 11.8 Å². The van der Waals surface area contributed by atoms with Crippen LogP contribution in [0.3, 0.4) is 0 Å². The van der Waals surface area contributed by atoms with Crippen molar-refractivity contribution in [1.82, 2.24) is 5.32 Å². The standard InChI is InChI=1S/C28H33N3O6/c1-5-13-28(27(34)35-6-2)23-22(24(29-28)17-7-9-18(10-8-17)30(3)4)25(32)31(26(23)33)19-11-12-20-21(16-19)37-15-14-36-20/h7-12,16,22-24,29H,5-6,13-15H2,1-4H3/t22-,23+,24-,28+/m0/s1. The third-order valence-corrected chi connectivity index (χ3v) is 7.49. The minimum Gasteiger partial charge on any atom is -0.486 e. The molecule has 1 N–H and O–H groups in total. The summed E-state index contributed by atoms with van der Waals surface area (Å²) in [4.78, 5) is 44.8. The fraction of sp³-hybridized carbons (Fsp3) is 0.464. The number of carbonyl (C=O) groups is 3. The summed E-state index contributed by atoms with van der Waals surface area (Å²) in [6.07, 6.45) is 1.00. The van der Waals surface area contributed by atoms with Crippen LogP contribution in [0, 0.1) is 11.8 Å². The summed E-state index contributed by atoms with van der Waals surface area (Å²) in [7, 11) is 3.91. The molecule has 0 aliphatic carbocycles. The molecule has 2 saturated heterocycles. The molecule has 0 aromatic heterocycles. The number of imide groups is 1. The molecule has 0 spiro atoms. The van der Waals surface area contributed by atoms with Crippen LogP contribution >= 0.6 is 0 Å². The highest BCUT2D eigenvalue weighted by atomic mass is 16.6.